The van der Waals surface area contributed by atoms with E-state index in [-0.39, 0.29) is 6.42 Å². The molecule has 0 radical (unpaired) electrons. The van der Waals surface area contributed by atoms with E-state index in [9.17, 15) is 13.2 Å². The number of rotatable bonds is 4. The average molecular weight is 172 g/mol. The van der Waals surface area contributed by atoms with Gasteiger partial charge in [-0.2, -0.15) is 24.9 Å². The van der Waals surface area contributed by atoms with Crippen LogP contribution in [0.25, 0.3) is 0 Å². The lowest BCUT2D eigenvalue weighted by molar-refractivity contribution is -0.134. The van der Waals surface area contributed by atoms with Crippen LogP contribution in [0.2, 0.25) is 0 Å². The van der Waals surface area contributed by atoms with Crippen molar-refractivity contribution in [1.82, 2.24) is 0 Å². The number of hydrogen-bond donors (Lipinski definition) is 0. The quantitative estimate of drug-likeness (QED) is 0.587. The van der Waals surface area contributed by atoms with E-state index in [1.165, 1.54) is 0 Å². The monoisotopic (exact) mass is 172 g/mol. The fourth-order valence-corrected chi connectivity index (χ4v) is 1.16. The molecule has 0 spiro atoms. The van der Waals surface area contributed by atoms with Crippen molar-refractivity contribution < 1.29 is 13.2 Å². The number of alkyl halides is 3. The summed E-state index contributed by atoms with van der Waals surface area (Å²) in [6.45, 7) is 1.94. The lowest BCUT2D eigenvalue weighted by atomic mass is 10.3. The average Bonchev–Trinajstić information content (AvgIpc) is 1.78. The molecular weight excluding hydrogens is 161 g/mol. The minimum absolute atomic E-state index is 0.252. The summed E-state index contributed by atoms with van der Waals surface area (Å²) in [5, 5.41) is 0. The van der Waals surface area contributed by atoms with Gasteiger partial charge in [-0.1, -0.05) is 6.92 Å². The van der Waals surface area contributed by atoms with Crippen molar-refractivity contribution in [2.75, 3.05) is 11.5 Å². The van der Waals surface area contributed by atoms with Crippen LogP contribution in [0.1, 0.15) is 19.8 Å². The molecule has 0 aromatic rings. The lowest BCUT2D eigenvalue weighted by Gasteiger charge is -2.03. The van der Waals surface area contributed by atoms with Crippen LogP contribution in [0, 0.1) is 0 Å². The SMILES string of the molecule is CCSCCCC(F)(F)F. The number of thioether (sulfide) groups is 1. The van der Waals surface area contributed by atoms with Gasteiger partial charge in [0.25, 0.3) is 0 Å². The summed E-state index contributed by atoms with van der Waals surface area (Å²) >= 11 is 1.55. The highest BCUT2D eigenvalue weighted by Crippen LogP contribution is 2.22. The Balaban J connectivity index is 3.04. The van der Waals surface area contributed by atoms with Gasteiger partial charge in [-0.3, -0.25) is 0 Å². The summed E-state index contributed by atoms with van der Waals surface area (Å²) < 4.78 is 34.4. The zero-order valence-corrected chi connectivity index (χ0v) is 6.69. The van der Waals surface area contributed by atoms with E-state index in [1.807, 2.05) is 6.92 Å². The summed E-state index contributed by atoms with van der Waals surface area (Å²) in [5.74, 6) is 1.52. The molecule has 0 rings (SSSR count). The predicted octanol–water partition coefficient (Wildman–Crippen LogP) is 3.08. The van der Waals surface area contributed by atoms with Gasteiger partial charge in [-0.05, 0) is 17.9 Å². The molecule has 62 valence electrons. The molecule has 0 fully saturated rings. The molecular formula is C6H11F3S. The first-order chi connectivity index (χ1) is 4.56. The molecule has 0 aliphatic rings. The van der Waals surface area contributed by atoms with E-state index < -0.39 is 12.6 Å². The molecule has 0 nitrogen and oxygen atoms in total. The van der Waals surface area contributed by atoms with Crippen molar-refractivity contribution in [2.45, 2.75) is 25.9 Å². The van der Waals surface area contributed by atoms with Gasteiger partial charge < -0.3 is 0 Å². The van der Waals surface area contributed by atoms with Crippen LogP contribution in [0.4, 0.5) is 13.2 Å². The Kier molecular flexibility index (Phi) is 4.95. The second-order valence-electron chi connectivity index (χ2n) is 1.92. The Morgan fingerprint density at radius 3 is 2.30 bits per heavy atom. The van der Waals surface area contributed by atoms with Crippen LogP contribution < -0.4 is 0 Å². The van der Waals surface area contributed by atoms with Crippen LogP contribution >= 0.6 is 11.8 Å². The molecule has 0 saturated heterocycles. The van der Waals surface area contributed by atoms with Crippen molar-refractivity contribution in [3.63, 3.8) is 0 Å². The summed E-state index contributed by atoms with van der Waals surface area (Å²) in [7, 11) is 0. The van der Waals surface area contributed by atoms with Crippen LogP contribution in [0.5, 0.6) is 0 Å². The second kappa shape index (κ2) is 4.88. The first-order valence-electron chi connectivity index (χ1n) is 3.20. The third-order valence-corrected chi connectivity index (χ3v) is 1.94. The van der Waals surface area contributed by atoms with E-state index in [1.54, 1.807) is 11.8 Å². The van der Waals surface area contributed by atoms with E-state index in [0.29, 0.717) is 5.75 Å². The van der Waals surface area contributed by atoms with Gasteiger partial charge in [-0.15, -0.1) is 0 Å². The summed E-state index contributed by atoms with van der Waals surface area (Å²) in [6.07, 6.45) is -4.35. The van der Waals surface area contributed by atoms with Crippen molar-refractivity contribution in [1.29, 1.82) is 0 Å². The maximum Gasteiger partial charge on any atom is 0.389 e. The highest BCUT2D eigenvalue weighted by atomic mass is 32.2. The number of halogens is 3. The van der Waals surface area contributed by atoms with Gasteiger partial charge in [0, 0.05) is 6.42 Å². The van der Waals surface area contributed by atoms with Crippen molar-refractivity contribution in [3.8, 4) is 0 Å². The van der Waals surface area contributed by atoms with E-state index in [2.05, 4.69) is 0 Å². The van der Waals surface area contributed by atoms with Gasteiger partial charge in [-0.25, -0.2) is 0 Å². The van der Waals surface area contributed by atoms with Crippen molar-refractivity contribution >= 4 is 11.8 Å². The van der Waals surface area contributed by atoms with Crippen molar-refractivity contribution in [2.24, 2.45) is 0 Å². The minimum Gasteiger partial charge on any atom is -0.171 e. The van der Waals surface area contributed by atoms with E-state index >= 15 is 0 Å². The van der Waals surface area contributed by atoms with E-state index in [0.717, 1.165) is 5.75 Å². The van der Waals surface area contributed by atoms with Crippen LogP contribution in [-0.4, -0.2) is 17.7 Å². The molecule has 0 bridgehead atoms. The molecule has 0 aromatic carbocycles. The van der Waals surface area contributed by atoms with Crippen molar-refractivity contribution in [3.05, 3.63) is 0 Å². The fourth-order valence-electron chi connectivity index (χ4n) is 0.519. The maximum atomic E-state index is 11.5. The normalized spacial score (nSPS) is 12.0. The highest BCUT2D eigenvalue weighted by molar-refractivity contribution is 7.99. The zero-order chi connectivity index (χ0) is 8.04. The maximum absolute atomic E-state index is 11.5. The predicted molar refractivity (Wildman–Crippen MR) is 38.3 cm³/mol. The fraction of sp³-hybridized carbons (Fsp3) is 1.00. The molecule has 0 atom stereocenters. The molecule has 10 heavy (non-hydrogen) atoms. The summed E-state index contributed by atoms with van der Waals surface area (Å²) in [6, 6.07) is 0. The molecule has 0 saturated carbocycles. The zero-order valence-electron chi connectivity index (χ0n) is 5.87. The third kappa shape index (κ3) is 8.14. The molecule has 0 heterocycles. The highest BCUT2D eigenvalue weighted by Gasteiger charge is 2.25. The Hall–Kier alpha value is 0.140. The molecule has 0 amide bonds. The van der Waals surface area contributed by atoms with Gasteiger partial charge in [0.05, 0.1) is 0 Å². The first-order valence-corrected chi connectivity index (χ1v) is 4.36. The van der Waals surface area contributed by atoms with Gasteiger partial charge in [0.1, 0.15) is 0 Å². The standard InChI is InChI=1S/C6H11F3S/c1-2-10-5-3-4-6(7,8)9/h2-5H2,1H3. The molecule has 4 heteroatoms. The molecule has 0 aliphatic carbocycles. The van der Waals surface area contributed by atoms with E-state index in [4.69, 9.17) is 0 Å². The van der Waals surface area contributed by atoms with Gasteiger partial charge >= 0.3 is 6.18 Å². The topological polar surface area (TPSA) is 0 Å². The van der Waals surface area contributed by atoms with Gasteiger partial charge in [0.15, 0.2) is 0 Å². The van der Waals surface area contributed by atoms with Gasteiger partial charge in [0.2, 0.25) is 0 Å². The molecule has 0 aromatic heterocycles. The van der Waals surface area contributed by atoms with Crippen LogP contribution in [0.3, 0.4) is 0 Å². The third-order valence-electron chi connectivity index (χ3n) is 0.953. The largest absolute Gasteiger partial charge is 0.389 e. The Morgan fingerprint density at radius 1 is 1.30 bits per heavy atom. The smallest absolute Gasteiger partial charge is 0.171 e. The Labute approximate surface area is 63.2 Å². The number of hydrogen-bond acceptors (Lipinski definition) is 1. The Bertz CT molecular complexity index is 79.6. The summed E-state index contributed by atoms with van der Waals surface area (Å²) in [5.41, 5.74) is 0. The Morgan fingerprint density at radius 2 is 1.90 bits per heavy atom. The second-order valence-corrected chi connectivity index (χ2v) is 3.31. The minimum atomic E-state index is -3.96. The first kappa shape index (κ1) is 10.1. The summed E-state index contributed by atoms with van der Waals surface area (Å²) in [4.78, 5) is 0. The van der Waals surface area contributed by atoms with Crippen LogP contribution in [0.15, 0.2) is 0 Å². The molecule has 0 unspecified atom stereocenters. The lowest BCUT2D eigenvalue weighted by Crippen LogP contribution is -2.06. The molecule has 0 aliphatic heterocycles. The molecule has 0 N–H and O–H groups in total. The van der Waals surface area contributed by atoms with Crippen LogP contribution in [-0.2, 0) is 0 Å².